The molecule has 1 aromatic carbocycles. The maximum absolute atomic E-state index is 11.8. The molecule has 20 heavy (non-hydrogen) atoms. The molecular formula is C15H18N2O3. The average Bonchev–Trinajstić information content (AvgIpc) is 2.96. The lowest BCUT2D eigenvalue weighted by Gasteiger charge is -2.11. The SMILES string of the molecule is O=C(Cc1ccc[nH]1)NCc1ccccc1OCCO. The third kappa shape index (κ3) is 4.13. The molecule has 0 radical (unpaired) electrons. The summed E-state index contributed by atoms with van der Waals surface area (Å²) in [6, 6.07) is 11.2. The minimum absolute atomic E-state index is 0.0342. The van der Waals surface area contributed by atoms with Crippen LogP contribution in [0.25, 0.3) is 0 Å². The van der Waals surface area contributed by atoms with Gasteiger partial charge < -0.3 is 20.1 Å². The number of aromatic amines is 1. The zero-order valence-electron chi connectivity index (χ0n) is 11.1. The van der Waals surface area contributed by atoms with Crippen LogP contribution in [0.3, 0.4) is 0 Å². The number of benzene rings is 1. The van der Waals surface area contributed by atoms with Gasteiger partial charge in [0.15, 0.2) is 0 Å². The van der Waals surface area contributed by atoms with E-state index in [0.29, 0.717) is 18.7 Å². The second kappa shape index (κ2) is 7.35. The van der Waals surface area contributed by atoms with E-state index in [1.807, 2.05) is 36.4 Å². The van der Waals surface area contributed by atoms with E-state index in [9.17, 15) is 4.79 Å². The quantitative estimate of drug-likeness (QED) is 0.711. The lowest BCUT2D eigenvalue weighted by molar-refractivity contribution is -0.120. The Bertz CT molecular complexity index is 538. The van der Waals surface area contributed by atoms with E-state index < -0.39 is 0 Å². The predicted molar refractivity (Wildman–Crippen MR) is 75.4 cm³/mol. The molecule has 0 aliphatic carbocycles. The van der Waals surface area contributed by atoms with Crippen LogP contribution in [0, 0.1) is 0 Å². The largest absolute Gasteiger partial charge is 0.491 e. The summed E-state index contributed by atoms with van der Waals surface area (Å²) >= 11 is 0. The number of rotatable bonds is 7. The van der Waals surface area contributed by atoms with Gasteiger partial charge in [0, 0.05) is 24.0 Å². The first-order valence-electron chi connectivity index (χ1n) is 6.50. The summed E-state index contributed by atoms with van der Waals surface area (Å²) in [5, 5.41) is 11.6. The molecule has 3 N–H and O–H groups in total. The van der Waals surface area contributed by atoms with Gasteiger partial charge in [-0.25, -0.2) is 0 Å². The number of carbonyl (C=O) groups excluding carboxylic acids is 1. The molecule has 1 aromatic heterocycles. The van der Waals surface area contributed by atoms with Gasteiger partial charge in [0.1, 0.15) is 12.4 Å². The molecule has 0 atom stereocenters. The number of carbonyl (C=O) groups is 1. The molecule has 2 rings (SSSR count). The summed E-state index contributed by atoms with van der Waals surface area (Å²) in [6.07, 6.45) is 2.12. The predicted octanol–water partition coefficient (Wildman–Crippen LogP) is 1.24. The number of amides is 1. The van der Waals surface area contributed by atoms with Crippen molar-refractivity contribution in [1.29, 1.82) is 0 Å². The molecule has 0 fully saturated rings. The topological polar surface area (TPSA) is 74.4 Å². The minimum atomic E-state index is -0.0515. The van der Waals surface area contributed by atoms with E-state index in [-0.39, 0.29) is 19.1 Å². The third-order valence-corrected chi connectivity index (χ3v) is 2.81. The van der Waals surface area contributed by atoms with E-state index in [2.05, 4.69) is 10.3 Å². The number of ether oxygens (including phenoxy) is 1. The van der Waals surface area contributed by atoms with Crippen molar-refractivity contribution in [1.82, 2.24) is 10.3 Å². The van der Waals surface area contributed by atoms with E-state index in [4.69, 9.17) is 9.84 Å². The monoisotopic (exact) mass is 274 g/mol. The van der Waals surface area contributed by atoms with Crippen LogP contribution in [0.15, 0.2) is 42.6 Å². The fourth-order valence-corrected chi connectivity index (χ4v) is 1.85. The van der Waals surface area contributed by atoms with Gasteiger partial charge in [0.25, 0.3) is 0 Å². The van der Waals surface area contributed by atoms with Crippen molar-refractivity contribution < 1.29 is 14.6 Å². The van der Waals surface area contributed by atoms with Crippen LogP contribution < -0.4 is 10.1 Å². The molecule has 2 aromatic rings. The molecule has 0 saturated carbocycles. The summed E-state index contributed by atoms with van der Waals surface area (Å²) in [7, 11) is 0. The zero-order valence-corrected chi connectivity index (χ0v) is 11.1. The average molecular weight is 274 g/mol. The smallest absolute Gasteiger partial charge is 0.226 e. The molecule has 5 heteroatoms. The minimum Gasteiger partial charge on any atom is -0.491 e. The van der Waals surface area contributed by atoms with Gasteiger partial charge in [-0.1, -0.05) is 18.2 Å². The number of aliphatic hydroxyl groups excluding tert-OH is 1. The Balaban J connectivity index is 1.88. The molecular weight excluding hydrogens is 256 g/mol. The van der Waals surface area contributed by atoms with Crippen molar-refractivity contribution in [3.63, 3.8) is 0 Å². The molecule has 1 heterocycles. The normalized spacial score (nSPS) is 10.2. The van der Waals surface area contributed by atoms with Crippen LogP contribution in [0.1, 0.15) is 11.3 Å². The Kier molecular flexibility index (Phi) is 5.20. The first-order valence-corrected chi connectivity index (χ1v) is 6.50. The Labute approximate surface area is 117 Å². The van der Waals surface area contributed by atoms with Crippen LogP contribution in [-0.4, -0.2) is 29.2 Å². The molecule has 0 aliphatic heterocycles. The van der Waals surface area contributed by atoms with Crippen molar-refractivity contribution >= 4 is 5.91 Å². The fraction of sp³-hybridized carbons (Fsp3) is 0.267. The molecule has 5 nitrogen and oxygen atoms in total. The van der Waals surface area contributed by atoms with Crippen molar-refractivity contribution in [2.75, 3.05) is 13.2 Å². The molecule has 0 saturated heterocycles. The number of aromatic nitrogens is 1. The standard InChI is InChI=1S/C15H18N2O3/c18-8-9-20-14-6-2-1-4-12(14)11-17-15(19)10-13-5-3-7-16-13/h1-7,16,18H,8-11H2,(H,17,19). The summed E-state index contributed by atoms with van der Waals surface area (Å²) in [5.41, 5.74) is 1.77. The zero-order chi connectivity index (χ0) is 14.2. The van der Waals surface area contributed by atoms with E-state index in [1.165, 1.54) is 0 Å². The van der Waals surface area contributed by atoms with Gasteiger partial charge >= 0.3 is 0 Å². The maximum atomic E-state index is 11.8. The van der Waals surface area contributed by atoms with Crippen molar-refractivity contribution in [3.8, 4) is 5.75 Å². The molecule has 0 unspecified atom stereocenters. The number of para-hydroxylation sites is 1. The van der Waals surface area contributed by atoms with Crippen LogP contribution in [-0.2, 0) is 17.8 Å². The number of hydrogen-bond donors (Lipinski definition) is 3. The Morgan fingerprint density at radius 2 is 2.10 bits per heavy atom. The number of aliphatic hydroxyl groups is 1. The highest BCUT2D eigenvalue weighted by Crippen LogP contribution is 2.17. The van der Waals surface area contributed by atoms with E-state index >= 15 is 0 Å². The summed E-state index contributed by atoms with van der Waals surface area (Å²) in [4.78, 5) is 14.8. The fourth-order valence-electron chi connectivity index (χ4n) is 1.85. The lowest BCUT2D eigenvalue weighted by Crippen LogP contribution is -2.25. The third-order valence-electron chi connectivity index (χ3n) is 2.81. The van der Waals surface area contributed by atoms with Crippen LogP contribution in [0.4, 0.5) is 0 Å². The highest BCUT2D eigenvalue weighted by atomic mass is 16.5. The Morgan fingerprint density at radius 1 is 1.25 bits per heavy atom. The molecule has 0 spiro atoms. The first kappa shape index (κ1) is 14.1. The van der Waals surface area contributed by atoms with Gasteiger partial charge in [-0.15, -0.1) is 0 Å². The van der Waals surface area contributed by atoms with Crippen molar-refractivity contribution in [3.05, 3.63) is 53.9 Å². The van der Waals surface area contributed by atoms with Crippen LogP contribution >= 0.6 is 0 Å². The van der Waals surface area contributed by atoms with Crippen molar-refractivity contribution in [2.24, 2.45) is 0 Å². The summed E-state index contributed by atoms with van der Waals surface area (Å²) < 4.78 is 5.42. The molecule has 1 amide bonds. The maximum Gasteiger partial charge on any atom is 0.226 e. The van der Waals surface area contributed by atoms with Gasteiger partial charge in [0.05, 0.1) is 13.0 Å². The molecule has 0 bridgehead atoms. The summed E-state index contributed by atoms with van der Waals surface area (Å²) in [6.45, 7) is 0.613. The highest BCUT2D eigenvalue weighted by molar-refractivity contribution is 5.78. The van der Waals surface area contributed by atoms with Gasteiger partial charge in [-0.2, -0.15) is 0 Å². The molecule has 106 valence electrons. The number of H-pyrrole nitrogens is 1. The highest BCUT2D eigenvalue weighted by Gasteiger charge is 2.06. The van der Waals surface area contributed by atoms with Crippen molar-refractivity contribution in [2.45, 2.75) is 13.0 Å². The Hall–Kier alpha value is -2.27. The first-order chi connectivity index (χ1) is 9.79. The number of nitrogens with one attached hydrogen (secondary N) is 2. The molecule has 0 aliphatic rings. The lowest BCUT2D eigenvalue weighted by atomic mass is 10.2. The number of hydrogen-bond acceptors (Lipinski definition) is 3. The van der Waals surface area contributed by atoms with Gasteiger partial charge in [-0.3, -0.25) is 4.79 Å². The van der Waals surface area contributed by atoms with Crippen LogP contribution in [0.2, 0.25) is 0 Å². The van der Waals surface area contributed by atoms with Crippen LogP contribution in [0.5, 0.6) is 5.75 Å². The van der Waals surface area contributed by atoms with E-state index in [0.717, 1.165) is 11.3 Å². The van der Waals surface area contributed by atoms with Gasteiger partial charge in [0.2, 0.25) is 5.91 Å². The van der Waals surface area contributed by atoms with Gasteiger partial charge in [-0.05, 0) is 18.2 Å². The summed E-state index contributed by atoms with van der Waals surface area (Å²) in [5.74, 6) is 0.631. The van der Waals surface area contributed by atoms with E-state index in [1.54, 1.807) is 6.20 Å². The second-order valence-electron chi connectivity index (χ2n) is 4.33. The Morgan fingerprint density at radius 3 is 2.85 bits per heavy atom. The second-order valence-corrected chi connectivity index (χ2v) is 4.33.